The first-order valence-corrected chi connectivity index (χ1v) is 6.40. The van der Waals surface area contributed by atoms with E-state index in [2.05, 4.69) is 5.32 Å². The number of hydrogen-bond donors (Lipinski definition) is 2. The largest absolute Gasteiger partial charge is 0.398 e. The van der Waals surface area contributed by atoms with Crippen molar-refractivity contribution in [2.24, 2.45) is 0 Å². The molecule has 0 aromatic heterocycles. The monoisotopic (exact) mass is 284 g/mol. The summed E-state index contributed by atoms with van der Waals surface area (Å²) >= 11 is 5.80. The fourth-order valence-corrected chi connectivity index (χ4v) is 1.97. The Kier molecular flexibility index (Phi) is 3.99. The van der Waals surface area contributed by atoms with E-state index in [0.29, 0.717) is 29.4 Å². The van der Waals surface area contributed by atoms with Gasteiger partial charge in [-0.3, -0.25) is 4.79 Å². The van der Waals surface area contributed by atoms with E-state index in [4.69, 9.17) is 26.8 Å². The van der Waals surface area contributed by atoms with E-state index in [-0.39, 0.29) is 12.0 Å². The number of benzene rings is 1. The molecule has 1 saturated heterocycles. The molecule has 1 aliphatic rings. The molecule has 5 nitrogen and oxygen atoms in total. The number of hydrogen-bond acceptors (Lipinski definition) is 4. The van der Waals surface area contributed by atoms with Gasteiger partial charge in [0.05, 0.1) is 17.3 Å². The summed E-state index contributed by atoms with van der Waals surface area (Å²) in [5.74, 6) is -0.795. The summed E-state index contributed by atoms with van der Waals surface area (Å²) in [5.41, 5.74) is 6.51. The van der Waals surface area contributed by atoms with Gasteiger partial charge in [-0.1, -0.05) is 11.6 Å². The highest BCUT2D eigenvalue weighted by molar-refractivity contribution is 6.33. The minimum atomic E-state index is -0.583. The van der Waals surface area contributed by atoms with Crippen molar-refractivity contribution in [1.29, 1.82) is 0 Å². The lowest BCUT2D eigenvalue weighted by Gasteiger charge is -2.17. The number of rotatable bonds is 3. The molecule has 3 N–H and O–H groups in total. The molecule has 0 bridgehead atoms. The molecule has 6 heteroatoms. The summed E-state index contributed by atoms with van der Waals surface area (Å²) in [6.45, 7) is 4.55. The molecule has 1 fully saturated rings. The van der Waals surface area contributed by atoms with Crippen LogP contribution in [0.2, 0.25) is 5.02 Å². The van der Waals surface area contributed by atoms with Crippen molar-refractivity contribution in [2.45, 2.75) is 25.7 Å². The van der Waals surface area contributed by atoms with E-state index in [1.807, 2.05) is 13.8 Å². The maximum absolute atomic E-state index is 11.9. The maximum atomic E-state index is 11.9. The van der Waals surface area contributed by atoms with Crippen LogP contribution in [0.1, 0.15) is 24.2 Å². The Labute approximate surface area is 117 Å². The standard InChI is InChI=1S/C13H17ClN2O3/c1-13(2)18-7-9(19-13)6-16-12(17)8-3-4-10(14)11(15)5-8/h3-5,9H,6-7,15H2,1-2H3,(H,16,17). The Hall–Kier alpha value is -1.30. The number of amides is 1. The fraction of sp³-hybridized carbons (Fsp3) is 0.462. The zero-order valence-electron chi connectivity index (χ0n) is 10.9. The van der Waals surface area contributed by atoms with Gasteiger partial charge < -0.3 is 20.5 Å². The molecule has 1 unspecified atom stereocenters. The average Bonchev–Trinajstić information content (AvgIpc) is 2.69. The van der Waals surface area contributed by atoms with Crippen LogP contribution in [0.3, 0.4) is 0 Å². The molecular weight excluding hydrogens is 268 g/mol. The number of carbonyl (C=O) groups excluding carboxylic acids is 1. The van der Waals surface area contributed by atoms with Crippen LogP contribution in [0.25, 0.3) is 0 Å². The first-order chi connectivity index (χ1) is 8.87. The van der Waals surface area contributed by atoms with Crippen molar-refractivity contribution >= 4 is 23.2 Å². The van der Waals surface area contributed by atoms with Crippen LogP contribution in [0.4, 0.5) is 5.69 Å². The van der Waals surface area contributed by atoms with E-state index < -0.39 is 5.79 Å². The predicted octanol–water partition coefficient (Wildman–Crippen LogP) is 1.80. The number of nitrogen functional groups attached to an aromatic ring is 1. The van der Waals surface area contributed by atoms with E-state index in [0.717, 1.165) is 0 Å². The van der Waals surface area contributed by atoms with Crippen LogP contribution >= 0.6 is 11.6 Å². The topological polar surface area (TPSA) is 73.6 Å². The first kappa shape index (κ1) is 14.1. The van der Waals surface area contributed by atoms with E-state index in [1.165, 1.54) is 0 Å². The third-order valence-electron chi connectivity index (χ3n) is 2.82. The van der Waals surface area contributed by atoms with Gasteiger partial charge >= 0.3 is 0 Å². The third-order valence-corrected chi connectivity index (χ3v) is 3.16. The maximum Gasteiger partial charge on any atom is 0.251 e. The highest BCUT2D eigenvalue weighted by atomic mass is 35.5. The van der Waals surface area contributed by atoms with Crippen LogP contribution in [-0.2, 0) is 9.47 Å². The van der Waals surface area contributed by atoms with E-state index in [9.17, 15) is 4.79 Å². The molecule has 1 atom stereocenters. The van der Waals surface area contributed by atoms with Gasteiger partial charge in [-0.2, -0.15) is 0 Å². The summed E-state index contributed by atoms with van der Waals surface area (Å²) < 4.78 is 11.0. The lowest BCUT2D eigenvalue weighted by molar-refractivity contribution is -0.137. The van der Waals surface area contributed by atoms with Crippen molar-refractivity contribution < 1.29 is 14.3 Å². The first-order valence-electron chi connectivity index (χ1n) is 6.02. The van der Waals surface area contributed by atoms with E-state index >= 15 is 0 Å². The smallest absolute Gasteiger partial charge is 0.251 e. The molecule has 0 spiro atoms. The Morgan fingerprint density at radius 2 is 2.32 bits per heavy atom. The number of carbonyl (C=O) groups is 1. The van der Waals surface area contributed by atoms with Crippen LogP contribution in [0, 0.1) is 0 Å². The Morgan fingerprint density at radius 3 is 2.89 bits per heavy atom. The van der Waals surface area contributed by atoms with Gasteiger partial charge in [0.2, 0.25) is 0 Å². The van der Waals surface area contributed by atoms with E-state index in [1.54, 1.807) is 18.2 Å². The quantitative estimate of drug-likeness (QED) is 0.830. The van der Waals surface area contributed by atoms with Gasteiger partial charge in [-0.05, 0) is 32.0 Å². The van der Waals surface area contributed by atoms with Crippen LogP contribution in [0.5, 0.6) is 0 Å². The summed E-state index contributed by atoms with van der Waals surface area (Å²) in [5, 5.41) is 3.22. The lowest BCUT2D eigenvalue weighted by atomic mass is 10.2. The van der Waals surface area contributed by atoms with Crippen molar-refractivity contribution in [1.82, 2.24) is 5.32 Å². The van der Waals surface area contributed by atoms with Crippen molar-refractivity contribution in [3.8, 4) is 0 Å². The van der Waals surface area contributed by atoms with Crippen LogP contribution < -0.4 is 11.1 Å². The van der Waals surface area contributed by atoms with Crippen LogP contribution in [-0.4, -0.2) is 30.9 Å². The molecule has 104 valence electrons. The normalized spacial score (nSPS) is 21.3. The average molecular weight is 285 g/mol. The molecule has 0 saturated carbocycles. The van der Waals surface area contributed by atoms with Gasteiger partial charge in [0.1, 0.15) is 6.10 Å². The Morgan fingerprint density at radius 1 is 1.58 bits per heavy atom. The van der Waals surface area contributed by atoms with Gasteiger partial charge in [-0.15, -0.1) is 0 Å². The lowest BCUT2D eigenvalue weighted by Crippen LogP contribution is -2.34. The van der Waals surface area contributed by atoms with Crippen LogP contribution in [0.15, 0.2) is 18.2 Å². The Bertz CT molecular complexity index is 491. The molecule has 2 rings (SSSR count). The number of anilines is 1. The summed E-state index contributed by atoms with van der Waals surface area (Å²) in [4.78, 5) is 11.9. The third kappa shape index (κ3) is 3.59. The number of halogens is 1. The number of nitrogens with two attached hydrogens (primary N) is 1. The fourth-order valence-electron chi connectivity index (χ4n) is 1.86. The molecule has 1 aromatic carbocycles. The number of ether oxygens (including phenoxy) is 2. The molecule has 1 amide bonds. The van der Waals surface area contributed by atoms with Crippen molar-refractivity contribution in [3.63, 3.8) is 0 Å². The summed E-state index contributed by atoms with van der Waals surface area (Å²) in [6, 6.07) is 4.78. The second kappa shape index (κ2) is 5.36. The zero-order chi connectivity index (χ0) is 14.0. The highest BCUT2D eigenvalue weighted by Crippen LogP contribution is 2.22. The number of nitrogens with one attached hydrogen (secondary N) is 1. The molecular formula is C13H17ClN2O3. The molecule has 19 heavy (non-hydrogen) atoms. The van der Waals surface area contributed by atoms with Gasteiger partial charge in [0, 0.05) is 12.1 Å². The Balaban J connectivity index is 1.89. The van der Waals surface area contributed by atoms with Crippen molar-refractivity contribution in [3.05, 3.63) is 28.8 Å². The minimum Gasteiger partial charge on any atom is -0.398 e. The second-order valence-corrected chi connectivity index (χ2v) is 5.30. The predicted molar refractivity (Wildman–Crippen MR) is 73.1 cm³/mol. The molecule has 0 aliphatic carbocycles. The molecule has 1 aromatic rings. The van der Waals surface area contributed by atoms with Gasteiger partial charge in [-0.25, -0.2) is 0 Å². The second-order valence-electron chi connectivity index (χ2n) is 4.90. The SMILES string of the molecule is CC1(C)OCC(CNC(=O)c2ccc(Cl)c(N)c2)O1. The molecule has 1 aliphatic heterocycles. The zero-order valence-corrected chi connectivity index (χ0v) is 11.7. The van der Waals surface area contributed by atoms with Gasteiger partial charge in [0.15, 0.2) is 5.79 Å². The highest BCUT2D eigenvalue weighted by Gasteiger charge is 2.32. The summed E-state index contributed by atoms with van der Waals surface area (Å²) in [6.07, 6.45) is -0.136. The van der Waals surface area contributed by atoms with Crippen molar-refractivity contribution in [2.75, 3.05) is 18.9 Å². The molecule has 1 heterocycles. The minimum absolute atomic E-state index is 0.136. The summed E-state index contributed by atoms with van der Waals surface area (Å²) in [7, 11) is 0. The molecule has 0 radical (unpaired) electrons. The van der Waals surface area contributed by atoms with Gasteiger partial charge in [0.25, 0.3) is 5.91 Å².